The lowest BCUT2D eigenvalue weighted by molar-refractivity contribution is -0.118. The largest absolute Gasteiger partial charge is 0.334 e. The number of carbonyl (C=O) groups excluding carboxylic acids is 1. The minimum atomic E-state index is -0.291. The minimum absolute atomic E-state index is 0.106. The Morgan fingerprint density at radius 2 is 1.87 bits per heavy atom. The lowest BCUT2D eigenvalue weighted by atomic mass is 10.2. The summed E-state index contributed by atoms with van der Waals surface area (Å²) in [4.78, 5) is 30.9. The third kappa shape index (κ3) is 4.23. The van der Waals surface area contributed by atoms with Crippen LogP contribution in [0, 0.1) is 0 Å². The molecule has 0 aliphatic rings. The zero-order chi connectivity index (χ0) is 21.1. The van der Waals surface area contributed by atoms with E-state index in [1.807, 2.05) is 54.6 Å². The number of aromatic nitrogens is 3. The van der Waals surface area contributed by atoms with Gasteiger partial charge in [0.1, 0.15) is 6.54 Å². The van der Waals surface area contributed by atoms with E-state index < -0.39 is 0 Å². The maximum atomic E-state index is 12.6. The molecular formula is C22H17BrN4O3. The molecule has 0 unspecified atom stereocenters. The monoisotopic (exact) mass is 464 g/mol. The van der Waals surface area contributed by atoms with E-state index >= 15 is 0 Å². The van der Waals surface area contributed by atoms with Crippen LogP contribution < -0.4 is 10.5 Å². The summed E-state index contributed by atoms with van der Waals surface area (Å²) < 4.78 is 7.61. The number of anilines is 1. The number of amides is 1. The van der Waals surface area contributed by atoms with Crippen LogP contribution in [-0.2, 0) is 11.3 Å². The van der Waals surface area contributed by atoms with E-state index in [0.29, 0.717) is 11.4 Å². The number of halogens is 1. The number of likely N-dealkylation sites (N-methyl/N-ethyl adjacent to an activating group) is 1. The van der Waals surface area contributed by atoms with E-state index in [4.69, 9.17) is 4.52 Å². The average Bonchev–Trinajstić information content (AvgIpc) is 3.26. The van der Waals surface area contributed by atoms with Gasteiger partial charge in [-0.1, -0.05) is 51.4 Å². The summed E-state index contributed by atoms with van der Waals surface area (Å²) in [6, 6.07) is 19.8. The maximum Gasteiger partial charge on any atom is 0.259 e. The molecule has 0 atom stereocenters. The van der Waals surface area contributed by atoms with Crippen molar-refractivity contribution in [1.82, 2.24) is 14.7 Å². The molecule has 4 rings (SSSR count). The fourth-order valence-corrected chi connectivity index (χ4v) is 3.31. The summed E-state index contributed by atoms with van der Waals surface area (Å²) in [7, 11) is 1.68. The first-order chi connectivity index (χ1) is 14.5. The molecule has 1 amide bonds. The highest BCUT2D eigenvalue weighted by Gasteiger charge is 2.15. The predicted octanol–water partition coefficient (Wildman–Crippen LogP) is 3.99. The minimum Gasteiger partial charge on any atom is -0.334 e. The van der Waals surface area contributed by atoms with Gasteiger partial charge >= 0.3 is 0 Å². The second kappa shape index (κ2) is 8.46. The Bertz CT molecular complexity index is 1250. The van der Waals surface area contributed by atoms with Crippen LogP contribution in [0.15, 0.2) is 86.7 Å². The van der Waals surface area contributed by atoms with Gasteiger partial charge in [0.2, 0.25) is 11.7 Å². The zero-order valence-corrected chi connectivity index (χ0v) is 17.6. The smallest absolute Gasteiger partial charge is 0.259 e. The second-order valence-electron chi connectivity index (χ2n) is 6.61. The second-order valence-corrected chi connectivity index (χ2v) is 7.52. The molecule has 0 aliphatic carbocycles. The molecule has 150 valence electrons. The Kier molecular flexibility index (Phi) is 5.58. The number of nitrogens with zero attached hydrogens (tertiary/aromatic N) is 4. The Morgan fingerprint density at radius 3 is 2.63 bits per heavy atom. The van der Waals surface area contributed by atoms with Gasteiger partial charge in [-0.15, -0.1) is 0 Å². The molecule has 8 heteroatoms. The SMILES string of the molecule is CN(C(=O)Cn1cc(-c2nc(-c3cccc(Br)c3)no2)ccc1=O)c1ccccc1. The predicted molar refractivity (Wildman–Crippen MR) is 117 cm³/mol. The normalized spacial score (nSPS) is 10.7. The molecular weight excluding hydrogens is 448 g/mol. The molecule has 0 saturated heterocycles. The molecule has 2 aromatic carbocycles. The van der Waals surface area contributed by atoms with Gasteiger partial charge in [-0.3, -0.25) is 9.59 Å². The van der Waals surface area contributed by atoms with Crippen molar-refractivity contribution in [3.63, 3.8) is 0 Å². The van der Waals surface area contributed by atoms with Gasteiger partial charge in [-0.25, -0.2) is 0 Å². The van der Waals surface area contributed by atoms with Gasteiger partial charge in [-0.05, 0) is 30.3 Å². The molecule has 0 bridgehead atoms. The summed E-state index contributed by atoms with van der Waals surface area (Å²) >= 11 is 3.42. The Balaban J connectivity index is 1.58. The quantitative estimate of drug-likeness (QED) is 0.445. The molecule has 4 aromatic rings. The van der Waals surface area contributed by atoms with Crippen molar-refractivity contribution in [3.8, 4) is 22.8 Å². The van der Waals surface area contributed by atoms with Crippen molar-refractivity contribution in [2.75, 3.05) is 11.9 Å². The van der Waals surface area contributed by atoms with E-state index in [9.17, 15) is 9.59 Å². The highest BCUT2D eigenvalue weighted by molar-refractivity contribution is 9.10. The van der Waals surface area contributed by atoms with Crippen molar-refractivity contribution in [2.45, 2.75) is 6.54 Å². The Labute approximate surface area is 180 Å². The van der Waals surface area contributed by atoms with Crippen LogP contribution in [0.25, 0.3) is 22.8 Å². The van der Waals surface area contributed by atoms with Gasteiger partial charge in [0.25, 0.3) is 11.4 Å². The number of hydrogen-bond acceptors (Lipinski definition) is 5. The summed E-state index contributed by atoms with van der Waals surface area (Å²) in [5.41, 5.74) is 1.81. The van der Waals surface area contributed by atoms with E-state index in [-0.39, 0.29) is 23.9 Å². The van der Waals surface area contributed by atoms with E-state index in [0.717, 1.165) is 15.7 Å². The molecule has 7 nitrogen and oxygen atoms in total. The first-order valence-electron chi connectivity index (χ1n) is 9.13. The van der Waals surface area contributed by atoms with Crippen molar-refractivity contribution >= 4 is 27.5 Å². The Hall–Kier alpha value is -3.52. The van der Waals surface area contributed by atoms with Crippen LogP contribution in [0.5, 0.6) is 0 Å². The number of rotatable bonds is 5. The summed E-state index contributed by atoms with van der Waals surface area (Å²) in [5.74, 6) is 0.479. The molecule has 0 spiro atoms. The van der Waals surface area contributed by atoms with Crippen LogP contribution in [0.4, 0.5) is 5.69 Å². The number of hydrogen-bond donors (Lipinski definition) is 0. The van der Waals surface area contributed by atoms with Crippen molar-refractivity contribution in [3.05, 3.63) is 87.8 Å². The fraction of sp³-hybridized carbons (Fsp3) is 0.0909. The number of benzene rings is 2. The van der Waals surface area contributed by atoms with Gasteiger partial charge in [0.15, 0.2) is 0 Å². The van der Waals surface area contributed by atoms with Gasteiger partial charge in [-0.2, -0.15) is 4.98 Å². The van der Waals surface area contributed by atoms with Gasteiger partial charge in [0, 0.05) is 35.0 Å². The number of carbonyl (C=O) groups is 1. The molecule has 0 N–H and O–H groups in total. The summed E-state index contributed by atoms with van der Waals surface area (Å²) in [6.45, 7) is -0.106. The van der Waals surface area contributed by atoms with E-state index in [1.165, 1.54) is 15.5 Å². The molecule has 0 radical (unpaired) electrons. The first-order valence-corrected chi connectivity index (χ1v) is 9.93. The number of pyridine rings is 1. The molecule has 2 aromatic heterocycles. The van der Waals surface area contributed by atoms with Crippen LogP contribution in [0.3, 0.4) is 0 Å². The lowest BCUT2D eigenvalue weighted by Gasteiger charge is -2.18. The zero-order valence-electron chi connectivity index (χ0n) is 16.0. The van der Waals surface area contributed by atoms with Crippen LogP contribution in [-0.4, -0.2) is 27.7 Å². The van der Waals surface area contributed by atoms with Crippen molar-refractivity contribution in [1.29, 1.82) is 0 Å². The lowest BCUT2D eigenvalue weighted by Crippen LogP contribution is -2.33. The summed E-state index contributed by atoms with van der Waals surface area (Å²) in [6.07, 6.45) is 1.55. The van der Waals surface area contributed by atoms with Gasteiger partial charge in [0.05, 0.1) is 5.56 Å². The topological polar surface area (TPSA) is 81.2 Å². The van der Waals surface area contributed by atoms with E-state index in [1.54, 1.807) is 19.3 Å². The molecule has 0 saturated carbocycles. The third-order valence-corrected chi connectivity index (χ3v) is 5.06. The fourth-order valence-electron chi connectivity index (χ4n) is 2.91. The van der Waals surface area contributed by atoms with Gasteiger partial charge < -0.3 is 14.0 Å². The van der Waals surface area contributed by atoms with Crippen LogP contribution in [0.1, 0.15) is 0 Å². The standard InChI is InChI=1S/C22H17BrN4O3/c1-26(18-8-3-2-4-9-18)20(29)14-27-13-16(10-11-19(27)28)22-24-21(25-30-22)15-6-5-7-17(23)12-15/h2-13H,14H2,1H3. The first kappa shape index (κ1) is 19.8. The molecule has 0 fully saturated rings. The van der Waals surface area contributed by atoms with Crippen molar-refractivity contribution in [2.24, 2.45) is 0 Å². The van der Waals surface area contributed by atoms with Crippen LogP contribution >= 0.6 is 15.9 Å². The highest BCUT2D eigenvalue weighted by atomic mass is 79.9. The number of para-hydroxylation sites is 1. The average molecular weight is 465 g/mol. The molecule has 0 aliphatic heterocycles. The maximum absolute atomic E-state index is 12.6. The van der Waals surface area contributed by atoms with E-state index in [2.05, 4.69) is 26.1 Å². The Morgan fingerprint density at radius 1 is 1.07 bits per heavy atom. The summed E-state index contributed by atoms with van der Waals surface area (Å²) in [5, 5.41) is 4.02. The third-order valence-electron chi connectivity index (χ3n) is 4.56. The van der Waals surface area contributed by atoms with Crippen molar-refractivity contribution < 1.29 is 9.32 Å². The highest BCUT2D eigenvalue weighted by Crippen LogP contribution is 2.23. The molecule has 2 heterocycles. The van der Waals surface area contributed by atoms with Crippen LogP contribution in [0.2, 0.25) is 0 Å². The molecule has 30 heavy (non-hydrogen) atoms.